The Balaban J connectivity index is 2.15. The number of benzene rings is 3. The summed E-state index contributed by atoms with van der Waals surface area (Å²) in [7, 11) is -3.58. The van der Waals surface area contributed by atoms with Gasteiger partial charge in [0.25, 0.3) is 0 Å². The Bertz CT molecular complexity index is 1110. The Labute approximate surface area is 175 Å². The Morgan fingerprint density at radius 2 is 1.40 bits per heavy atom. The Morgan fingerprint density at radius 1 is 0.900 bits per heavy atom. The predicted molar refractivity (Wildman–Crippen MR) is 115 cm³/mol. The van der Waals surface area contributed by atoms with Gasteiger partial charge < -0.3 is 4.74 Å². The number of carbonyl (C=O) groups excluding carboxylic acids is 1. The van der Waals surface area contributed by atoms with Gasteiger partial charge in [0.05, 0.1) is 4.90 Å². The van der Waals surface area contributed by atoms with Gasteiger partial charge in [-0.25, -0.2) is 12.8 Å². The van der Waals surface area contributed by atoms with Crippen LogP contribution in [0.5, 0.6) is 0 Å². The predicted octanol–water partition coefficient (Wildman–Crippen LogP) is 4.74. The summed E-state index contributed by atoms with van der Waals surface area (Å²) in [6.07, 6.45) is 1.12. The average molecular weight is 424 g/mol. The van der Waals surface area contributed by atoms with Crippen molar-refractivity contribution in [3.8, 4) is 0 Å². The summed E-state index contributed by atoms with van der Waals surface area (Å²) in [6.45, 7) is 0. The van der Waals surface area contributed by atoms with Crippen LogP contribution in [0.4, 0.5) is 4.39 Å². The number of methoxy groups -OCH3 is 1. The molecule has 2 atom stereocenters. The quantitative estimate of drug-likeness (QED) is 0.490. The minimum absolute atomic E-state index is 0.0605. The molecule has 6 heteroatoms. The smallest absolute Gasteiger partial charge is 0.305 e. The van der Waals surface area contributed by atoms with Crippen molar-refractivity contribution in [1.29, 1.82) is 0 Å². The van der Waals surface area contributed by atoms with Gasteiger partial charge in [-0.3, -0.25) is 4.79 Å². The maximum atomic E-state index is 16.6. The lowest BCUT2D eigenvalue weighted by atomic mass is 10.0. The first kappa shape index (κ1) is 21.6. The van der Waals surface area contributed by atoms with Crippen LogP contribution in [0.25, 0.3) is 6.08 Å². The molecular formula is C24H21FO4S. The number of alkyl halides is 1. The van der Waals surface area contributed by atoms with Gasteiger partial charge in [-0.15, -0.1) is 0 Å². The highest BCUT2D eigenvalue weighted by Gasteiger charge is 2.58. The third-order valence-electron chi connectivity index (χ3n) is 4.67. The maximum Gasteiger partial charge on any atom is 0.305 e. The zero-order valence-corrected chi connectivity index (χ0v) is 17.1. The van der Waals surface area contributed by atoms with E-state index in [-0.39, 0.29) is 10.5 Å². The Kier molecular flexibility index (Phi) is 6.59. The summed E-state index contributed by atoms with van der Waals surface area (Å²) in [5.74, 6) is -1.18. The number of hydrogen-bond acceptors (Lipinski definition) is 4. The monoisotopic (exact) mass is 424 g/mol. The van der Waals surface area contributed by atoms with Crippen molar-refractivity contribution in [2.45, 2.75) is 16.0 Å². The standard InChI is InChI=1S/C24H21FO4S/c1-29-22(18-17-19-11-5-2-6-12-19)24(25,23(26)20-13-7-3-8-14-20)30(27,28)21-15-9-4-10-16-21/h2-18,22H,1H3/b18-17+. The molecule has 3 aromatic carbocycles. The lowest BCUT2D eigenvalue weighted by Gasteiger charge is -2.29. The van der Waals surface area contributed by atoms with Gasteiger partial charge in [0.1, 0.15) is 6.10 Å². The third kappa shape index (κ3) is 4.10. The molecule has 0 radical (unpaired) electrons. The van der Waals surface area contributed by atoms with E-state index in [0.29, 0.717) is 5.56 Å². The molecule has 0 aliphatic rings. The molecule has 0 saturated carbocycles. The molecule has 0 heterocycles. The molecule has 0 aliphatic carbocycles. The second kappa shape index (κ2) is 9.15. The summed E-state index contributed by atoms with van der Waals surface area (Å²) >= 11 is 0. The first-order valence-electron chi connectivity index (χ1n) is 9.25. The molecule has 0 spiro atoms. The summed E-state index contributed by atoms with van der Waals surface area (Å²) in [6, 6.07) is 23.5. The van der Waals surface area contributed by atoms with E-state index in [9.17, 15) is 13.2 Å². The molecular weight excluding hydrogens is 403 g/mol. The number of Topliss-reactive ketones (excluding diaryl/α,β-unsaturated/α-hetero) is 1. The van der Waals surface area contributed by atoms with Crippen LogP contribution in [0.15, 0.2) is 102 Å². The molecule has 154 valence electrons. The molecule has 2 unspecified atom stereocenters. The van der Waals surface area contributed by atoms with Gasteiger partial charge in [-0.1, -0.05) is 91.0 Å². The van der Waals surface area contributed by atoms with Crippen LogP contribution in [0, 0.1) is 0 Å². The average Bonchev–Trinajstić information content (AvgIpc) is 2.80. The second-order valence-electron chi connectivity index (χ2n) is 6.58. The number of halogens is 1. The normalized spacial score (nSPS) is 14.9. The minimum atomic E-state index is -4.76. The third-order valence-corrected chi connectivity index (χ3v) is 6.77. The van der Waals surface area contributed by atoms with Crippen LogP contribution in [0.3, 0.4) is 0 Å². The van der Waals surface area contributed by atoms with Crippen molar-refractivity contribution in [3.05, 3.63) is 108 Å². The van der Waals surface area contributed by atoms with E-state index in [1.54, 1.807) is 48.5 Å². The van der Waals surface area contributed by atoms with Gasteiger partial charge >= 0.3 is 5.00 Å². The van der Waals surface area contributed by atoms with Crippen LogP contribution in [-0.2, 0) is 14.6 Å². The van der Waals surface area contributed by atoms with Gasteiger partial charge in [0, 0.05) is 12.7 Å². The number of sulfone groups is 1. The Hall–Kier alpha value is -3.09. The zero-order chi connectivity index (χ0) is 21.6. The highest BCUT2D eigenvalue weighted by atomic mass is 32.2. The summed E-state index contributed by atoms with van der Waals surface area (Å²) in [5.41, 5.74) is 0.654. The highest BCUT2D eigenvalue weighted by Crippen LogP contribution is 2.36. The Morgan fingerprint density at radius 3 is 1.93 bits per heavy atom. The maximum absolute atomic E-state index is 16.6. The first-order chi connectivity index (χ1) is 14.4. The molecule has 4 nitrogen and oxygen atoms in total. The van der Waals surface area contributed by atoms with Gasteiger partial charge in [0.2, 0.25) is 15.6 Å². The van der Waals surface area contributed by atoms with Gasteiger partial charge in [-0.05, 0) is 17.7 Å². The molecule has 0 aromatic heterocycles. The number of ketones is 1. The van der Waals surface area contributed by atoms with Crippen LogP contribution in [0.2, 0.25) is 0 Å². The van der Waals surface area contributed by atoms with E-state index < -0.39 is 26.7 Å². The zero-order valence-electron chi connectivity index (χ0n) is 16.3. The molecule has 0 N–H and O–H groups in total. The van der Waals surface area contributed by atoms with E-state index in [0.717, 1.165) is 0 Å². The van der Waals surface area contributed by atoms with Crippen molar-refractivity contribution in [3.63, 3.8) is 0 Å². The van der Waals surface area contributed by atoms with Crippen molar-refractivity contribution in [1.82, 2.24) is 0 Å². The lowest BCUT2D eigenvalue weighted by molar-refractivity contribution is 0.0358. The molecule has 3 rings (SSSR count). The van der Waals surface area contributed by atoms with Gasteiger partial charge in [-0.2, -0.15) is 0 Å². The fourth-order valence-electron chi connectivity index (χ4n) is 3.08. The lowest BCUT2D eigenvalue weighted by Crippen LogP contribution is -2.52. The summed E-state index contributed by atoms with van der Waals surface area (Å²) < 4.78 is 48.6. The molecule has 0 aliphatic heterocycles. The van der Waals surface area contributed by atoms with E-state index >= 15 is 4.39 Å². The molecule has 0 saturated heterocycles. The SMILES string of the molecule is COC(/C=C/c1ccccc1)C(F)(C(=O)c1ccccc1)S(=O)(=O)c1ccccc1. The van der Waals surface area contributed by atoms with Crippen molar-refractivity contribution < 1.29 is 22.3 Å². The van der Waals surface area contributed by atoms with E-state index in [1.165, 1.54) is 55.7 Å². The summed E-state index contributed by atoms with van der Waals surface area (Å²) in [4.78, 5) is 12.9. The number of rotatable bonds is 8. The topological polar surface area (TPSA) is 60.4 Å². The molecule has 0 bridgehead atoms. The van der Waals surface area contributed by atoms with E-state index in [4.69, 9.17) is 4.74 Å². The van der Waals surface area contributed by atoms with E-state index in [1.807, 2.05) is 6.07 Å². The molecule has 0 amide bonds. The summed E-state index contributed by atoms with van der Waals surface area (Å²) in [5, 5.41) is -3.37. The first-order valence-corrected chi connectivity index (χ1v) is 10.7. The fraction of sp³-hybridized carbons (Fsp3) is 0.125. The molecule has 0 fully saturated rings. The highest BCUT2D eigenvalue weighted by molar-refractivity contribution is 7.93. The van der Waals surface area contributed by atoms with Crippen molar-refractivity contribution >= 4 is 21.7 Å². The largest absolute Gasteiger partial charge is 0.372 e. The second-order valence-corrected chi connectivity index (χ2v) is 8.66. The number of ether oxygens (including phenoxy) is 1. The van der Waals surface area contributed by atoms with Crippen LogP contribution < -0.4 is 0 Å². The van der Waals surface area contributed by atoms with E-state index in [2.05, 4.69) is 0 Å². The van der Waals surface area contributed by atoms with Crippen LogP contribution >= 0.6 is 0 Å². The van der Waals surface area contributed by atoms with Gasteiger partial charge in [0.15, 0.2) is 0 Å². The van der Waals surface area contributed by atoms with Crippen LogP contribution in [0.1, 0.15) is 15.9 Å². The molecule has 3 aromatic rings. The molecule has 30 heavy (non-hydrogen) atoms. The minimum Gasteiger partial charge on any atom is -0.372 e. The fourth-order valence-corrected chi connectivity index (χ4v) is 4.78. The van der Waals surface area contributed by atoms with Crippen LogP contribution in [-0.4, -0.2) is 32.4 Å². The van der Waals surface area contributed by atoms with Crippen molar-refractivity contribution in [2.75, 3.05) is 7.11 Å². The van der Waals surface area contributed by atoms with Crippen molar-refractivity contribution in [2.24, 2.45) is 0 Å². The number of carbonyl (C=O) groups is 1. The number of hydrogen-bond donors (Lipinski definition) is 0.